The maximum absolute atomic E-state index is 6.53. The fourth-order valence-electron chi connectivity index (χ4n) is 4.78. The summed E-state index contributed by atoms with van der Waals surface area (Å²) in [5.41, 5.74) is 10.8. The summed E-state index contributed by atoms with van der Waals surface area (Å²) in [5.74, 6) is 1.17. The number of hydrazine groups is 1. The molecular weight excluding hydrogens is 358 g/mol. The molecule has 2 N–H and O–H groups in total. The molecule has 2 aromatic rings. The van der Waals surface area contributed by atoms with Gasteiger partial charge in [-0.05, 0) is 37.3 Å². The number of nitrogens with zero attached hydrogens (tertiary/aromatic N) is 3. The Kier molecular flexibility index (Phi) is 5.83. The Morgan fingerprint density at radius 1 is 1.26 bits per heavy atom. The number of hydrogen-bond acceptors (Lipinski definition) is 4. The van der Waals surface area contributed by atoms with Crippen LogP contribution in [0.4, 0.5) is 0 Å². The summed E-state index contributed by atoms with van der Waals surface area (Å²) >= 11 is 6.53. The standard InChI is InChI=1S/C21H30ClN5/c1-3-19-18(21(22)26(2)25-19)14-27-11-7-10-16(13-27)20-17(12-23-24-20)15-8-5-4-6-9-15/h4-6,8-9,16-17,20,23-24H,3,7,10-14H2,1-2H3. The van der Waals surface area contributed by atoms with Crippen molar-refractivity contribution in [2.45, 2.75) is 44.7 Å². The Bertz CT molecular complexity index is 759. The molecule has 0 saturated carbocycles. The Hall–Kier alpha value is -1.40. The number of rotatable bonds is 5. The zero-order valence-corrected chi connectivity index (χ0v) is 17.0. The lowest BCUT2D eigenvalue weighted by Crippen LogP contribution is -2.46. The van der Waals surface area contributed by atoms with Gasteiger partial charge in [0.15, 0.2) is 0 Å². The van der Waals surface area contributed by atoms with Crippen molar-refractivity contribution in [2.75, 3.05) is 19.6 Å². The first-order valence-electron chi connectivity index (χ1n) is 10.1. The van der Waals surface area contributed by atoms with Crippen molar-refractivity contribution < 1.29 is 0 Å². The Labute approximate surface area is 167 Å². The normalized spacial score (nSPS) is 26.6. The minimum atomic E-state index is 0.477. The van der Waals surface area contributed by atoms with Crippen LogP contribution in [-0.4, -0.2) is 40.4 Å². The van der Waals surface area contributed by atoms with Crippen molar-refractivity contribution in [3.05, 3.63) is 52.3 Å². The quantitative estimate of drug-likeness (QED) is 0.827. The maximum atomic E-state index is 6.53. The van der Waals surface area contributed by atoms with Gasteiger partial charge in [0, 0.05) is 44.2 Å². The number of likely N-dealkylation sites (tertiary alicyclic amines) is 1. The lowest BCUT2D eigenvalue weighted by atomic mass is 9.81. The van der Waals surface area contributed by atoms with E-state index >= 15 is 0 Å². The molecule has 2 fully saturated rings. The molecule has 2 aliphatic heterocycles. The summed E-state index contributed by atoms with van der Waals surface area (Å²) in [6, 6.07) is 11.4. The van der Waals surface area contributed by atoms with E-state index in [1.54, 1.807) is 0 Å². The van der Waals surface area contributed by atoms with Crippen LogP contribution in [0.3, 0.4) is 0 Å². The molecule has 5 nitrogen and oxygen atoms in total. The molecule has 0 aliphatic carbocycles. The molecule has 6 heteroatoms. The molecule has 0 spiro atoms. The van der Waals surface area contributed by atoms with Crippen LogP contribution in [0.15, 0.2) is 30.3 Å². The van der Waals surface area contributed by atoms with Crippen LogP contribution in [0.2, 0.25) is 5.15 Å². The largest absolute Gasteiger partial charge is 0.299 e. The third kappa shape index (κ3) is 3.92. The number of hydrogen-bond donors (Lipinski definition) is 2. The lowest BCUT2D eigenvalue weighted by molar-refractivity contribution is 0.139. The molecule has 4 rings (SSSR count). The average Bonchev–Trinajstić information content (AvgIpc) is 3.29. The highest BCUT2D eigenvalue weighted by Gasteiger charge is 2.36. The smallest absolute Gasteiger partial charge is 0.131 e. The van der Waals surface area contributed by atoms with Gasteiger partial charge in [-0.1, -0.05) is 48.9 Å². The van der Waals surface area contributed by atoms with Gasteiger partial charge in [-0.15, -0.1) is 0 Å². The second kappa shape index (κ2) is 8.31. The third-order valence-corrected chi connectivity index (χ3v) is 6.64. The van der Waals surface area contributed by atoms with Gasteiger partial charge >= 0.3 is 0 Å². The van der Waals surface area contributed by atoms with Crippen LogP contribution < -0.4 is 10.9 Å². The highest BCUT2D eigenvalue weighted by atomic mass is 35.5. The number of aryl methyl sites for hydroxylation is 2. The van der Waals surface area contributed by atoms with E-state index < -0.39 is 0 Å². The van der Waals surface area contributed by atoms with Crippen LogP contribution in [0.5, 0.6) is 0 Å². The molecule has 1 aromatic heterocycles. The van der Waals surface area contributed by atoms with E-state index in [2.05, 4.69) is 58.1 Å². The molecule has 0 amide bonds. The van der Waals surface area contributed by atoms with Crippen molar-refractivity contribution in [3.8, 4) is 0 Å². The van der Waals surface area contributed by atoms with E-state index in [9.17, 15) is 0 Å². The van der Waals surface area contributed by atoms with E-state index in [-0.39, 0.29) is 0 Å². The first-order valence-corrected chi connectivity index (χ1v) is 10.5. The fourth-order valence-corrected chi connectivity index (χ4v) is 4.98. The molecule has 0 bridgehead atoms. The molecule has 3 heterocycles. The van der Waals surface area contributed by atoms with E-state index in [0.717, 1.165) is 43.4 Å². The predicted octanol–water partition coefficient (Wildman–Crippen LogP) is 3.11. The van der Waals surface area contributed by atoms with Crippen molar-refractivity contribution in [3.63, 3.8) is 0 Å². The van der Waals surface area contributed by atoms with Crippen LogP contribution in [0.1, 0.15) is 42.5 Å². The lowest BCUT2D eigenvalue weighted by Gasteiger charge is -2.37. The second-order valence-electron chi connectivity index (χ2n) is 7.90. The van der Waals surface area contributed by atoms with Crippen LogP contribution in [-0.2, 0) is 20.0 Å². The number of halogens is 1. The molecule has 3 unspecified atom stereocenters. The molecule has 3 atom stereocenters. The van der Waals surface area contributed by atoms with Crippen molar-refractivity contribution in [1.29, 1.82) is 0 Å². The average molecular weight is 388 g/mol. The summed E-state index contributed by atoms with van der Waals surface area (Å²) in [4.78, 5) is 2.57. The topological polar surface area (TPSA) is 45.1 Å². The van der Waals surface area contributed by atoms with E-state index in [0.29, 0.717) is 17.9 Å². The molecule has 146 valence electrons. The van der Waals surface area contributed by atoms with Gasteiger partial charge in [-0.3, -0.25) is 20.4 Å². The SMILES string of the molecule is CCc1nn(C)c(Cl)c1CN1CCCC(C2NNCC2c2ccccc2)C1. The van der Waals surface area contributed by atoms with Gasteiger partial charge in [0.2, 0.25) is 0 Å². The highest BCUT2D eigenvalue weighted by molar-refractivity contribution is 6.30. The summed E-state index contributed by atoms with van der Waals surface area (Å²) in [5, 5.41) is 5.37. The number of nitrogens with one attached hydrogen (secondary N) is 2. The van der Waals surface area contributed by atoms with Crippen molar-refractivity contribution >= 4 is 11.6 Å². The monoisotopic (exact) mass is 387 g/mol. The van der Waals surface area contributed by atoms with Crippen LogP contribution in [0, 0.1) is 5.92 Å². The molecule has 1 aromatic carbocycles. The van der Waals surface area contributed by atoms with Gasteiger partial charge in [-0.2, -0.15) is 5.10 Å². The van der Waals surface area contributed by atoms with Crippen molar-refractivity contribution in [1.82, 2.24) is 25.5 Å². The van der Waals surface area contributed by atoms with Crippen LogP contribution in [0.25, 0.3) is 0 Å². The van der Waals surface area contributed by atoms with E-state index in [1.165, 1.54) is 24.0 Å². The minimum absolute atomic E-state index is 0.477. The molecule has 2 saturated heterocycles. The zero-order chi connectivity index (χ0) is 18.8. The zero-order valence-electron chi connectivity index (χ0n) is 16.3. The number of aromatic nitrogens is 2. The molecule has 0 radical (unpaired) electrons. The van der Waals surface area contributed by atoms with E-state index in [1.807, 2.05) is 11.7 Å². The summed E-state index contributed by atoms with van der Waals surface area (Å²) in [6.07, 6.45) is 3.45. The van der Waals surface area contributed by atoms with E-state index in [4.69, 9.17) is 11.6 Å². The number of benzene rings is 1. The minimum Gasteiger partial charge on any atom is -0.299 e. The van der Waals surface area contributed by atoms with Crippen LogP contribution >= 0.6 is 11.6 Å². The first-order chi connectivity index (χ1) is 13.2. The second-order valence-corrected chi connectivity index (χ2v) is 8.26. The molecule has 27 heavy (non-hydrogen) atoms. The fraction of sp³-hybridized carbons (Fsp3) is 0.571. The molecular formula is C21H30ClN5. The predicted molar refractivity (Wildman–Crippen MR) is 110 cm³/mol. The Balaban J connectivity index is 1.47. The van der Waals surface area contributed by atoms with Gasteiger partial charge < -0.3 is 0 Å². The first kappa shape index (κ1) is 18.9. The summed E-state index contributed by atoms with van der Waals surface area (Å²) < 4.78 is 1.81. The molecule has 2 aliphatic rings. The maximum Gasteiger partial charge on any atom is 0.131 e. The number of piperidine rings is 1. The Morgan fingerprint density at radius 3 is 2.85 bits per heavy atom. The van der Waals surface area contributed by atoms with Gasteiger partial charge in [-0.25, -0.2) is 0 Å². The Morgan fingerprint density at radius 2 is 2.07 bits per heavy atom. The van der Waals surface area contributed by atoms with Gasteiger partial charge in [0.25, 0.3) is 0 Å². The van der Waals surface area contributed by atoms with Gasteiger partial charge in [0.05, 0.1) is 5.69 Å². The third-order valence-electron chi connectivity index (χ3n) is 6.17. The summed E-state index contributed by atoms with van der Waals surface area (Å²) in [6.45, 7) is 6.31. The highest BCUT2D eigenvalue weighted by Crippen LogP contribution is 2.32. The summed E-state index contributed by atoms with van der Waals surface area (Å²) in [7, 11) is 1.93. The van der Waals surface area contributed by atoms with Crippen molar-refractivity contribution in [2.24, 2.45) is 13.0 Å². The van der Waals surface area contributed by atoms with Gasteiger partial charge in [0.1, 0.15) is 5.15 Å².